The van der Waals surface area contributed by atoms with Crippen LogP contribution in [-0.4, -0.2) is 19.0 Å². The molecule has 4 heteroatoms. The van der Waals surface area contributed by atoms with Gasteiger partial charge in [-0.25, -0.2) is 4.79 Å². The van der Waals surface area contributed by atoms with Gasteiger partial charge in [-0.3, -0.25) is 4.79 Å². The Balaban J connectivity index is 1.79. The highest BCUT2D eigenvalue weighted by atomic mass is 16.5. The van der Waals surface area contributed by atoms with Crippen molar-refractivity contribution in [3.05, 3.63) is 107 Å². The van der Waals surface area contributed by atoms with Gasteiger partial charge < -0.3 is 9.47 Å². The summed E-state index contributed by atoms with van der Waals surface area (Å²) in [5.74, 6) is -1.26. The molecule has 0 heterocycles. The smallest absolute Gasteiger partial charge is 0.337 e. The summed E-state index contributed by atoms with van der Waals surface area (Å²) in [7, 11) is 1.33. The maximum absolute atomic E-state index is 12.9. The average molecular weight is 360 g/mol. The van der Waals surface area contributed by atoms with Crippen LogP contribution in [0.2, 0.25) is 0 Å². The topological polar surface area (TPSA) is 52.6 Å². The second-order valence-corrected chi connectivity index (χ2v) is 6.05. The zero-order valence-electron chi connectivity index (χ0n) is 15.0. The van der Waals surface area contributed by atoms with Crippen LogP contribution in [-0.2, 0) is 20.9 Å². The van der Waals surface area contributed by atoms with Crippen LogP contribution in [0.3, 0.4) is 0 Å². The summed E-state index contributed by atoms with van der Waals surface area (Å²) in [5.41, 5.74) is 2.90. The molecule has 3 aromatic rings. The molecule has 0 fully saturated rings. The molecule has 0 atom stereocenters. The third-order valence-electron chi connectivity index (χ3n) is 4.23. The molecule has 0 aliphatic carbocycles. The first-order valence-electron chi connectivity index (χ1n) is 8.63. The van der Waals surface area contributed by atoms with E-state index in [9.17, 15) is 9.59 Å². The number of rotatable bonds is 6. The Morgan fingerprint density at radius 1 is 0.815 bits per heavy atom. The summed E-state index contributed by atoms with van der Waals surface area (Å²) in [4.78, 5) is 24.5. The highest BCUT2D eigenvalue weighted by Crippen LogP contribution is 2.26. The minimum absolute atomic E-state index is 0.0832. The standard InChI is InChI=1S/C23H20O4/c1-26-22(24)20-14-8-9-17(15-20)16-27-23(25)21(18-10-4-2-5-11-18)19-12-6-3-7-13-19/h2-15,21H,16H2,1H3. The van der Waals surface area contributed by atoms with Gasteiger partial charge in [0.25, 0.3) is 0 Å². The molecule has 0 aromatic heterocycles. The lowest BCUT2D eigenvalue weighted by Gasteiger charge is -2.17. The van der Waals surface area contributed by atoms with Crippen molar-refractivity contribution in [3.63, 3.8) is 0 Å². The molecule has 0 saturated carbocycles. The van der Waals surface area contributed by atoms with Crippen LogP contribution in [0.15, 0.2) is 84.9 Å². The molecule has 4 nitrogen and oxygen atoms in total. The Morgan fingerprint density at radius 3 is 1.96 bits per heavy atom. The van der Waals surface area contributed by atoms with E-state index in [2.05, 4.69) is 0 Å². The first-order valence-corrected chi connectivity index (χ1v) is 8.63. The van der Waals surface area contributed by atoms with E-state index in [4.69, 9.17) is 9.47 Å². The molecule has 0 N–H and O–H groups in total. The monoisotopic (exact) mass is 360 g/mol. The van der Waals surface area contributed by atoms with Crippen molar-refractivity contribution < 1.29 is 19.1 Å². The van der Waals surface area contributed by atoms with E-state index in [1.807, 2.05) is 60.7 Å². The van der Waals surface area contributed by atoms with Gasteiger partial charge in [0.05, 0.1) is 12.7 Å². The molecule has 3 rings (SSSR count). The van der Waals surface area contributed by atoms with E-state index in [1.54, 1.807) is 24.3 Å². The van der Waals surface area contributed by atoms with Gasteiger partial charge in [0.15, 0.2) is 0 Å². The average Bonchev–Trinajstić information content (AvgIpc) is 2.73. The van der Waals surface area contributed by atoms with Crippen molar-refractivity contribution in [1.82, 2.24) is 0 Å². The van der Waals surface area contributed by atoms with Crippen LogP contribution in [0.5, 0.6) is 0 Å². The molecule has 0 aliphatic rings. The van der Waals surface area contributed by atoms with Gasteiger partial charge in [-0.1, -0.05) is 72.8 Å². The Kier molecular flexibility index (Phi) is 6.00. The highest BCUT2D eigenvalue weighted by Gasteiger charge is 2.24. The zero-order chi connectivity index (χ0) is 19.1. The Hall–Kier alpha value is -3.40. The van der Waals surface area contributed by atoms with Gasteiger partial charge in [-0.15, -0.1) is 0 Å². The van der Waals surface area contributed by atoms with E-state index in [0.717, 1.165) is 16.7 Å². The molecule has 0 bridgehead atoms. The van der Waals surface area contributed by atoms with Crippen molar-refractivity contribution in [3.8, 4) is 0 Å². The Bertz CT molecular complexity index is 864. The number of carbonyl (C=O) groups excluding carboxylic acids is 2. The fourth-order valence-electron chi connectivity index (χ4n) is 2.90. The van der Waals surface area contributed by atoms with E-state index in [-0.39, 0.29) is 12.6 Å². The number of esters is 2. The quantitative estimate of drug-likeness (QED) is 0.613. The third-order valence-corrected chi connectivity index (χ3v) is 4.23. The zero-order valence-corrected chi connectivity index (χ0v) is 15.0. The molecule has 0 spiro atoms. The van der Waals surface area contributed by atoms with Gasteiger partial charge in [0, 0.05) is 0 Å². The summed E-state index contributed by atoms with van der Waals surface area (Å²) in [5, 5.41) is 0. The maximum Gasteiger partial charge on any atom is 0.337 e. The van der Waals surface area contributed by atoms with E-state index in [0.29, 0.717) is 5.56 Å². The summed E-state index contributed by atoms with van der Waals surface area (Å²) in [6.07, 6.45) is 0. The molecule has 3 aromatic carbocycles. The summed E-state index contributed by atoms with van der Waals surface area (Å²) in [6, 6.07) is 26.0. The van der Waals surface area contributed by atoms with Gasteiger partial charge in [-0.05, 0) is 28.8 Å². The summed E-state index contributed by atoms with van der Waals surface area (Å²) < 4.78 is 10.3. The predicted octanol–water partition coefficient (Wildman–Crippen LogP) is 4.35. The molecule has 0 amide bonds. The van der Waals surface area contributed by atoms with Crippen LogP contribution in [0.4, 0.5) is 0 Å². The van der Waals surface area contributed by atoms with Crippen molar-refractivity contribution in [2.45, 2.75) is 12.5 Å². The van der Waals surface area contributed by atoms with Gasteiger partial charge in [0.1, 0.15) is 12.5 Å². The van der Waals surface area contributed by atoms with Crippen LogP contribution in [0.1, 0.15) is 33.0 Å². The van der Waals surface area contributed by atoms with Gasteiger partial charge in [0.2, 0.25) is 0 Å². The second-order valence-electron chi connectivity index (χ2n) is 6.05. The van der Waals surface area contributed by atoms with Gasteiger partial charge >= 0.3 is 11.9 Å². The lowest BCUT2D eigenvalue weighted by Crippen LogP contribution is -2.17. The predicted molar refractivity (Wildman–Crippen MR) is 102 cm³/mol. The van der Waals surface area contributed by atoms with Gasteiger partial charge in [-0.2, -0.15) is 0 Å². The number of carbonyl (C=O) groups is 2. The Morgan fingerprint density at radius 2 is 1.41 bits per heavy atom. The van der Waals surface area contributed by atoms with Crippen molar-refractivity contribution in [2.24, 2.45) is 0 Å². The fourth-order valence-corrected chi connectivity index (χ4v) is 2.90. The van der Waals surface area contributed by atoms with E-state index < -0.39 is 11.9 Å². The minimum Gasteiger partial charge on any atom is -0.465 e. The lowest BCUT2D eigenvalue weighted by molar-refractivity contribution is -0.145. The molecular formula is C23H20O4. The second kappa shape index (κ2) is 8.81. The van der Waals surface area contributed by atoms with E-state index >= 15 is 0 Å². The number of hydrogen-bond donors (Lipinski definition) is 0. The van der Waals surface area contributed by atoms with Crippen molar-refractivity contribution >= 4 is 11.9 Å². The molecule has 0 unspecified atom stereocenters. The number of methoxy groups -OCH3 is 1. The third kappa shape index (κ3) is 4.61. The van der Waals surface area contributed by atoms with Crippen molar-refractivity contribution in [1.29, 1.82) is 0 Å². The maximum atomic E-state index is 12.9. The molecule has 136 valence electrons. The first-order chi connectivity index (χ1) is 13.2. The van der Waals surface area contributed by atoms with Crippen LogP contribution in [0.25, 0.3) is 0 Å². The molecule has 0 radical (unpaired) electrons. The summed E-state index contributed by atoms with van der Waals surface area (Å²) >= 11 is 0. The largest absolute Gasteiger partial charge is 0.465 e. The van der Waals surface area contributed by atoms with Crippen molar-refractivity contribution in [2.75, 3.05) is 7.11 Å². The first kappa shape index (κ1) is 18.4. The minimum atomic E-state index is -0.504. The van der Waals surface area contributed by atoms with Crippen LogP contribution >= 0.6 is 0 Å². The number of ether oxygens (including phenoxy) is 2. The highest BCUT2D eigenvalue weighted by molar-refractivity contribution is 5.89. The lowest BCUT2D eigenvalue weighted by atomic mass is 9.91. The number of benzene rings is 3. The molecule has 0 saturated heterocycles. The fraction of sp³-hybridized carbons (Fsp3) is 0.130. The molecular weight excluding hydrogens is 340 g/mol. The Labute approximate surface area is 158 Å². The number of hydrogen-bond acceptors (Lipinski definition) is 4. The van der Waals surface area contributed by atoms with Crippen LogP contribution < -0.4 is 0 Å². The van der Waals surface area contributed by atoms with Crippen LogP contribution in [0, 0.1) is 0 Å². The SMILES string of the molecule is COC(=O)c1cccc(COC(=O)C(c2ccccc2)c2ccccc2)c1. The summed E-state index contributed by atoms with van der Waals surface area (Å²) in [6.45, 7) is 0.0832. The normalized spacial score (nSPS) is 10.4. The molecule has 0 aliphatic heterocycles. The molecule has 27 heavy (non-hydrogen) atoms. The van der Waals surface area contributed by atoms with E-state index in [1.165, 1.54) is 7.11 Å².